The highest BCUT2D eigenvalue weighted by Gasteiger charge is 2.57. The van der Waals surface area contributed by atoms with E-state index in [1.54, 1.807) is 13.1 Å². The van der Waals surface area contributed by atoms with Crippen LogP contribution in [0.25, 0.3) is 16.8 Å². The number of ether oxygens (including phenoxy) is 1. The first-order chi connectivity index (χ1) is 20.3. The number of hydrogen-bond donors (Lipinski definition) is 2. The summed E-state index contributed by atoms with van der Waals surface area (Å²) in [5.41, 5.74) is 9.76. The van der Waals surface area contributed by atoms with Crippen molar-refractivity contribution in [3.8, 4) is 28.8 Å². The van der Waals surface area contributed by atoms with Crippen LogP contribution in [0.15, 0.2) is 54.9 Å². The van der Waals surface area contributed by atoms with Crippen LogP contribution in [-0.2, 0) is 16.6 Å². The fourth-order valence-corrected chi connectivity index (χ4v) is 6.82. The summed E-state index contributed by atoms with van der Waals surface area (Å²) in [6.45, 7) is 1.67. The van der Waals surface area contributed by atoms with E-state index in [0.29, 0.717) is 17.8 Å². The minimum atomic E-state index is -0.446. The summed E-state index contributed by atoms with van der Waals surface area (Å²) in [6, 6.07) is 11.9. The highest BCUT2D eigenvalue weighted by atomic mass is 19.1. The Morgan fingerprint density at radius 2 is 1.90 bits per heavy atom. The molecule has 42 heavy (non-hydrogen) atoms. The van der Waals surface area contributed by atoms with Gasteiger partial charge in [0.25, 0.3) is 5.91 Å². The van der Waals surface area contributed by atoms with Crippen molar-refractivity contribution in [3.63, 3.8) is 0 Å². The first-order valence-electron chi connectivity index (χ1n) is 14.1. The number of nitrogens with two attached hydrogens (primary N) is 1. The molecule has 2 aromatic heterocycles. The zero-order chi connectivity index (χ0) is 29.5. The maximum absolute atomic E-state index is 13.5. The summed E-state index contributed by atoms with van der Waals surface area (Å²) in [6.07, 6.45) is 8.80. The molecule has 8 nitrogen and oxygen atoms in total. The number of fused-ring (bicyclic) bond motifs is 3. The standard InChI is InChI=1S/C33H32FN5O3/c1-3-4-27(41)38-33-15-13-32(20-33,14-16-33)31-37-28(29-30(35)36-17-18-39(29)31)22-8-5-21(6-9-22)7-12-25(40)24-11-10-23(34)19-26(24)42-2/h5-6,8-11,17-19H,7,12-16,20H2,1-2H3,(H2,35,36)(H,38,41). The van der Waals surface area contributed by atoms with Crippen molar-refractivity contribution < 1.29 is 18.7 Å². The van der Waals surface area contributed by atoms with E-state index in [2.05, 4.69) is 26.5 Å². The number of anilines is 1. The van der Waals surface area contributed by atoms with Crippen LogP contribution in [0.2, 0.25) is 0 Å². The van der Waals surface area contributed by atoms with Gasteiger partial charge in [-0.15, -0.1) is 0 Å². The third kappa shape index (κ3) is 4.77. The number of methoxy groups -OCH3 is 1. The van der Waals surface area contributed by atoms with Gasteiger partial charge >= 0.3 is 0 Å². The lowest BCUT2D eigenvalue weighted by Crippen LogP contribution is -2.44. The van der Waals surface area contributed by atoms with Crippen molar-refractivity contribution in [1.29, 1.82) is 0 Å². The van der Waals surface area contributed by atoms with Crippen molar-refractivity contribution in [1.82, 2.24) is 19.7 Å². The molecule has 0 unspecified atom stereocenters. The summed E-state index contributed by atoms with van der Waals surface area (Å²) in [5.74, 6) is 6.11. The van der Waals surface area contributed by atoms with Gasteiger partial charge in [0.15, 0.2) is 5.78 Å². The first-order valence-corrected chi connectivity index (χ1v) is 14.1. The second-order valence-corrected chi connectivity index (χ2v) is 11.3. The number of nitrogens with zero attached hydrogens (tertiary/aromatic N) is 3. The minimum Gasteiger partial charge on any atom is -0.496 e. The molecule has 9 heteroatoms. The van der Waals surface area contributed by atoms with Gasteiger partial charge in [0.1, 0.15) is 34.4 Å². The highest BCUT2D eigenvalue weighted by Crippen LogP contribution is 2.57. The SMILES string of the molecule is CC#CC(=O)NC12CCC(c3nc(-c4ccc(CCC(=O)c5ccc(F)cc5OC)cc4)c4c(N)nccn34)(CC1)C2. The molecule has 4 aromatic rings. The molecular weight excluding hydrogens is 533 g/mol. The van der Waals surface area contributed by atoms with E-state index in [1.165, 1.54) is 25.3 Å². The van der Waals surface area contributed by atoms with Gasteiger partial charge in [-0.3, -0.25) is 14.0 Å². The lowest BCUT2D eigenvalue weighted by molar-refractivity contribution is -0.117. The Hall–Kier alpha value is -4.71. The number of nitrogens with one attached hydrogen (secondary N) is 1. The number of rotatable bonds is 8. The smallest absolute Gasteiger partial charge is 0.296 e. The fourth-order valence-electron chi connectivity index (χ4n) is 6.82. The van der Waals surface area contributed by atoms with Crippen LogP contribution < -0.4 is 15.8 Å². The molecule has 0 spiro atoms. The normalized spacial score (nSPS) is 20.7. The van der Waals surface area contributed by atoms with Crippen molar-refractivity contribution in [2.75, 3.05) is 12.8 Å². The predicted octanol–water partition coefficient (Wildman–Crippen LogP) is 5.04. The van der Waals surface area contributed by atoms with E-state index in [9.17, 15) is 14.0 Å². The van der Waals surface area contributed by atoms with E-state index in [1.807, 2.05) is 30.5 Å². The monoisotopic (exact) mass is 565 g/mol. The molecule has 3 N–H and O–H groups in total. The van der Waals surface area contributed by atoms with Gasteiger partial charge in [-0.05, 0) is 69.1 Å². The Bertz CT molecular complexity index is 1760. The Labute approximate surface area is 243 Å². The number of nitrogen functional groups attached to an aromatic ring is 1. The molecule has 6 rings (SSSR count). The fraction of sp³-hybridized carbons (Fsp3) is 0.333. The number of carbonyl (C=O) groups is 2. The van der Waals surface area contributed by atoms with Crippen molar-refractivity contribution in [2.24, 2.45) is 0 Å². The molecular formula is C33H32FN5O3. The number of ketones is 1. The number of aromatic nitrogens is 3. The highest BCUT2D eigenvalue weighted by molar-refractivity contribution is 5.98. The number of benzene rings is 2. The number of hydrogen-bond acceptors (Lipinski definition) is 6. The van der Waals surface area contributed by atoms with Crippen LogP contribution >= 0.6 is 0 Å². The van der Waals surface area contributed by atoms with Crippen molar-refractivity contribution in [3.05, 3.63) is 77.6 Å². The summed E-state index contributed by atoms with van der Waals surface area (Å²) >= 11 is 0. The summed E-state index contributed by atoms with van der Waals surface area (Å²) in [7, 11) is 1.42. The number of amides is 1. The molecule has 0 atom stereocenters. The quantitative estimate of drug-likeness (QED) is 0.229. The molecule has 1 amide bonds. The average Bonchev–Trinajstić information content (AvgIpc) is 3.67. The molecule has 0 saturated heterocycles. The molecule has 2 aromatic carbocycles. The van der Waals surface area contributed by atoms with Crippen molar-refractivity contribution >= 4 is 23.0 Å². The van der Waals surface area contributed by atoms with E-state index in [-0.39, 0.29) is 34.8 Å². The number of aryl methyl sites for hydroxylation is 1. The summed E-state index contributed by atoms with van der Waals surface area (Å²) < 4.78 is 20.8. The van der Waals surface area contributed by atoms with Gasteiger partial charge in [-0.25, -0.2) is 14.4 Å². The lowest BCUT2D eigenvalue weighted by Gasteiger charge is -2.27. The van der Waals surface area contributed by atoms with Crippen LogP contribution in [-0.4, -0.2) is 38.7 Å². The number of halogens is 1. The van der Waals surface area contributed by atoms with Crippen molar-refractivity contribution in [2.45, 2.75) is 62.8 Å². The second kappa shape index (κ2) is 10.6. The average molecular weight is 566 g/mol. The zero-order valence-electron chi connectivity index (χ0n) is 23.7. The first kappa shape index (κ1) is 27.5. The number of imidazole rings is 1. The third-order valence-electron chi connectivity index (χ3n) is 8.85. The molecule has 2 bridgehead atoms. The molecule has 2 saturated carbocycles. The van der Waals surface area contributed by atoms with E-state index < -0.39 is 5.82 Å². The van der Waals surface area contributed by atoms with Gasteiger partial charge < -0.3 is 15.8 Å². The van der Waals surface area contributed by atoms with Gasteiger partial charge in [0, 0.05) is 41.4 Å². The molecule has 0 aliphatic heterocycles. The number of carbonyl (C=O) groups excluding carboxylic acids is 2. The topological polar surface area (TPSA) is 112 Å². The van der Waals surface area contributed by atoms with Crippen LogP contribution in [0.4, 0.5) is 10.2 Å². The maximum Gasteiger partial charge on any atom is 0.296 e. The van der Waals surface area contributed by atoms with Gasteiger partial charge in [-0.1, -0.05) is 30.2 Å². The van der Waals surface area contributed by atoms with Gasteiger partial charge in [0.2, 0.25) is 0 Å². The number of Topliss-reactive ketones (excluding diaryl/α,β-unsaturated/α-hetero) is 1. The van der Waals surface area contributed by atoms with Crippen LogP contribution in [0.3, 0.4) is 0 Å². The van der Waals surface area contributed by atoms with Crippen LogP contribution in [0.1, 0.15) is 67.2 Å². The van der Waals surface area contributed by atoms with Gasteiger partial charge in [-0.2, -0.15) is 0 Å². The molecule has 2 heterocycles. The third-order valence-corrected chi connectivity index (χ3v) is 8.85. The van der Waals surface area contributed by atoms with E-state index in [0.717, 1.165) is 60.3 Å². The second-order valence-electron chi connectivity index (χ2n) is 11.3. The Balaban J connectivity index is 1.25. The summed E-state index contributed by atoms with van der Waals surface area (Å²) in [4.78, 5) is 34.7. The molecule has 0 radical (unpaired) electrons. The van der Waals surface area contributed by atoms with E-state index >= 15 is 0 Å². The van der Waals surface area contributed by atoms with Crippen LogP contribution in [0, 0.1) is 17.7 Å². The lowest BCUT2D eigenvalue weighted by atomic mass is 9.83. The Morgan fingerprint density at radius 1 is 1.14 bits per heavy atom. The Morgan fingerprint density at radius 3 is 2.62 bits per heavy atom. The maximum atomic E-state index is 13.5. The largest absolute Gasteiger partial charge is 0.496 e. The van der Waals surface area contributed by atoms with E-state index in [4.69, 9.17) is 15.5 Å². The molecule has 214 valence electrons. The molecule has 2 aliphatic carbocycles. The van der Waals surface area contributed by atoms with Gasteiger partial charge in [0.05, 0.1) is 12.7 Å². The minimum absolute atomic E-state index is 0.110. The Kier molecular flexibility index (Phi) is 6.93. The summed E-state index contributed by atoms with van der Waals surface area (Å²) in [5, 5.41) is 3.19. The molecule has 2 aliphatic rings. The zero-order valence-corrected chi connectivity index (χ0v) is 23.7. The molecule has 2 fully saturated rings. The predicted molar refractivity (Wildman–Crippen MR) is 158 cm³/mol. The van der Waals surface area contributed by atoms with Crippen LogP contribution in [0.5, 0.6) is 5.75 Å².